The predicted molar refractivity (Wildman–Crippen MR) is 154 cm³/mol. The van der Waals surface area contributed by atoms with Crippen molar-refractivity contribution in [2.75, 3.05) is 6.61 Å². The van der Waals surface area contributed by atoms with Gasteiger partial charge in [0.1, 0.15) is 5.75 Å². The number of hydrogen-bond donors (Lipinski definition) is 2. The van der Waals surface area contributed by atoms with Crippen LogP contribution in [0.15, 0.2) is 18.2 Å². The molecular weight excluding hydrogens is 472 g/mol. The standard InChI is InChI=1S/C34H54O4/c1-4-13-24(33(37)38-5-2)14-11-9-7-6-8-10-12-15-26-23-34(3)30(20-21-31(34)36)29-18-16-25-22-27(35)17-19-28(25)32(26)29/h17,19,22,24,26,29-32,35-36H,4-16,18,20-21,23H2,1-3H3. The molecule has 3 aliphatic rings. The topological polar surface area (TPSA) is 66.8 Å². The minimum absolute atomic E-state index is 0.00185. The van der Waals surface area contributed by atoms with Gasteiger partial charge in [0.05, 0.1) is 18.6 Å². The van der Waals surface area contributed by atoms with E-state index in [-0.39, 0.29) is 23.4 Å². The number of phenolic OH excluding ortho intramolecular Hbond substituents is 1. The fraction of sp³-hybridized carbons (Fsp3) is 0.794. The largest absolute Gasteiger partial charge is 0.508 e. The van der Waals surface area contributed by atoms with Crippen LogP contribution in [0.5, 0.6) is 5.75 Å². The van der Waals surface area contributed by atoms with Crippen LogP contribution in [0.2, 0.25) is 0 Å². The van der Waals surface area contributed by atoms with Gasteiger partial charge in [0.2, 0.25) is 0 Å². The van der Waals surface area contributed by atoms with Crippen LogP contribution in [0, 0.1) is 29.1 Å². The predicted octanol–water partition coefficient (Wildman–Crippen LogP) is 8.33. The third-order valence-electron chi connectivity index (χ3n) is 10.7. The van der Waals surface area contributed by atoms with Crippen molar-refractivity contribution in [1.29, 1.82) is 0 Å². The Labute approximate surface area is 231 Å². The summed E-state index contributed by atoms with van der Waals surface area (Å²) in [5, 5.41) is 21.1. The summed E-state index contributed by atoms with van der Waals surface area (Å²) in [7, 11) is 0. The molecular formula is C34H54O4. The van der Waals surface area contributed by atoms with Gasteiger partial charge in [-0.1, -0.05) is 71.3 Å². The summed E-state index contributed by atoms with van der Waals surface area (Å²) in [6.45, 7) is 6.91. The zero-order valence-electron chi connectivity index (χ0n) is 24.4. The van der Waals surface area contributed by atoms with Crippen LogP contribution in [0.4, 0.5) is 0 Å². The van der Waals surface area contributed by atoms with E-state index in [1.807, 2.05) is 19.1 Å². The molecule has 2 fully saturated rings. The second kappa shape index (κ2) is 13.7. The number of fused-ring (bicyclic) bond motifs is 5. The number of carbonyl (C=O) groups excluding carboxylic acids is 1. The summed E-state index contributed by atoms with van der Waals surface area (Å²) >= 11 is 0. The first-order valence-corrected chi connectivity index (χ1v) is 16.1. The second-order valence-electron chi connectivity index (χ2n) is 13.1. The van der Waals surface area contributed by atoms with Crippen LogP contribution in [0.25, 0.3) is 0 Å². The van der Waals surface area contributed by atoms with Crippen molar-refractivity contribution in [2.24, 2.45) is 29.1 Å². The number of aliphatic hydroxyl groups excluding tert-OH is 1. The Morgan fingerprint density at radius 1 is 1.03 bits per heavy atom. The summed E-state index contributed by atoms with van der Waals surface area (Å²) in [5.41, 5.74) is 2.94. The van der Waals surface area contributed by atoms with Gasteiger partial charge in [0, 0.05) is 0 Å². The smallest absolute Gasteiger partial charge is 0.308 e. The summed E-state index contributed by atoms with van der Waals surface area (Å²) in [4.78, 5) is 12.1. The average molecular weight is 527 g/mol. The lowest BCUT2D eigenvalue weighted by molar-refractivity contribution is -0.148. The van der Waals surface area contributed by atoms with Gasteiger partial charge < -0.3 is 14.9 Å². The van der Waals surface area contributed by atoms with E-state index in [4.69, 9.17) is 4.74 Å². The molecule has 0 aromatic heterocycles. The normalized spacial score (nSPS) is 30.8. The number of hydrogen-bond acceptors (Lipinski definition) is 4. The highest BCUT2D eigenvalue weighted by atomic mass is 16.5. The Morgan fingerprint density at radius 2 is 1.76 bits per heavy atom. The molecule has 0 bridgehead atoms. The second-order valence-corrected chi connectivity index (χ2v) is 13.1. The van der Waals surface area contributed by atoms with E-state index < -0.39 is 0 Å². The molecule has 0 spiro atoms. The van der Waals surface area contributed by atoms with Gasteiger partial charge in [-0.25, -0.2) is 0 Å². The quantitative estimate of drug-likeness (QED) is 0.189. The molecule has 4 rings (SSSR count). The fourth-order valence-corrected chi connectivity index (χ4v) is 8.80. The first-order valence-electron chi connectivity index (χ1n) is 16.1. The van der Waals surface area contributed by atoms with Crippen LogP contribution >= 0.6 is 0 Å². The van der Waals surface area contributed by atoms with Gasteiger partial charge in [-0.3, -0.25) is 4.79 Å². The Hall–Kier alpha value is -1.55. The molecule has 1 aromatic rings. The fourth-order valence-electron chi connectivity index (χ4n) is 8.80. The number of aromatic hydroxyl groups is 1. The Bertz CT molecular complexity index is 896. The summed E-state index contributed by atoms with van der Waals surface area (Å²) in [6.07, 6.45) is 18.4. The van der Waals surface area contributed by atoms with Crippen molar-refractivity contribution < 1.29 is 19.7 Å². The first-order chi connectivity index (χ1) is 18.4. The van der Waals surface area contributed by atoms with Crippen LogP contribution in [0.3, 0.4) is 0 Å². The van der Waals surface area contributed by atoms with Crippen LogP contribution in [-0.2, 0) is 16.0 Å². The molecule has 0 heterocycles. The van der Waals surface area contributed by atoms with Gasteiger partial charge in [0.25, 0.3) is 0 Å². The van der Waals surface area contributed by atoms with E-state index in [2.05, 4.69) is 19.9 Å². The molecule has 38 heavy (non-hydrogen) atoms. The van der Waals surface area contributed by atoms with Gasteiger partial charge >= 0.3 is 5.97 Å². The van der Waals surface area contributed by atoms with E-state index >= 15 is 0 Å². The SMILES string of the molecule is CCCC(CCCCCCCCCC1CC2(C)C(O)CCC2C2CCc3cc(O)ccc3C12)C(=O)OCC. The van der Waals surface area contributed by atoms with E-state index in [0.29, 0.717) is 36.0 Å². The van der Waals surface area contributed by atoms with Crippen molar-refractivity contribution in [1.82, 2.24) is 0 Å². The van der Waals surface area contributed by atoms with Gasteiger partial charge in [-0.2, -0.15) is 0 Å². The van der Waals surface area contributed by atoms with Crippen molar-refractivity contribution in [3.05, 3.63) is 29.3 Å². The highest BCUT2D eigenvalue weighted by molar-refractivity contribution is 5.72. The molecule has 4 heteroatoms. The lowest BCUT2D eigenvalue weighted by Gasteiger charge is -2.54. The van der Waals surface area contributed by atoms with Crippen molar-refractivity contribution in [2.45, 2.75) is 136 Å². The summed E-state index contributed by atoms with van der Waals surface area (Å²) in [6, 6.07) is 6.12. The molecule has 3 aliphatic carbocycles. The molecule has 2 N–H and O–H groups in total. The maximum atomic E-state index is 12.1. The lowest BCUT2D eigenvalue weighted by atomic mass is 9.51. The number of benzene rings is 1. The Balaban J connectivity index is 1.24. The van der Waals surface area contributed by atoms with E-state index in [0.717, 1.165) is 44.9 Å². The van der Waals surface area contributed by atoms with Crippen molar-refractivity contribution in [3.8, 4) is 5.75 Å². The molecule has 0 amide bonds. The molecule has 0 radical (unpaired) electrons. The number of esters is 1. The van der Waals surface area contributed by atoms with Crippen molar-refractivity contribution >= 4 is 5.97 Å². The molecule has 0 aliphatic heterocycles. The molecule has 7 atom stereocenters. The molecule has 0 saturated heterocycles. The van der Waals surface area contributed by atoms with Crippen LogP contribution in [0.1, 0.15) is 134 Å². The number of rotatable bonds is 14. The average Bonchev–Trinajstić information content (AvgIpc) is 3.20. The number of carbonyl (C=O) groups is 1. The van der Waals surface area contributed by atoms with Gasteiger partial charge in [-0.05, 0) is 111 Å². The highest BCUT2D eigenvalue weighted by Gasteiger charge is 2.57. The third-order valence-corrected chi connectivity index (χ3v) is 10.7. The molecule has 7 unspecified atom stereocenters. The zero-order valence-corrected chi connectivity index (χ0v) is 24.4. The minimum Gasteiger partial charge on any atom is -0.508 e. The Kier molecular flexibility index (Phi) is 10.6. The number of aliphatic hydroxyl groups is 1. The lowest BCUT2D eigenvalue weighted by Crippen LogP contribution is -2.47. The van der Waals surface area contributed by atoms with E-state index in [1.165, 1.54) is 68.9 Å². The number of aryl methyl sites for hydroxylation is 1. The highest BCUT2D eigenvalue weighted by Crippen LogP contribution is 2.63. The van der Waals surface area contributed by atoms with Gasteiger partial charge in [-0.15, -0.1) is 0 Å². The van der Waals surface area contributed by atoms with Crippen LogP contribution < -0.4 is 0 Å². The number of ether oxygens (including phenoxy) is 1. The molecule has 1 aromatic carbocycles. The first kappa shape index (κ1) is 29.4. The summed E-state index contributed by atoms with van der Waals surface area (Å²) in [5.74, 6) is 3.04. The van der Waals surface area contributed by atoms with E-state index in [1.54, 1.807) is 0 Å². The third kappa shape index (κ3) is 6.60. The Morgan fingerprint density at radius 3 is 2.50 bits per heavy atom. The maximum absolute atomic E-state index is 12.1. The monoisotopic (exact) mass is 526 g/mol. The molecule has 214 valence electrons. The molecule has 2 saturated carbocycles. The van der Waals surface area contributed by atoms with Crippen LogP contribution in [-0.4, -0.2) is 28.9 Å². The zero-order chi connectivity index (χ0) is 27.1. The minimum atomic E-state index is -0.141. The van der Waals surface area contributed by atoms with Gasteiger partial charge in [0.15, 0.2) is 0 Å². The van der Waals surface area contributed by atoms with E-state index in [9.17, 15) is 15.0 Å². The molecule has 4 nitrogen and oxygen atoms in total. The number of unbranched alkanes of at least 4 members (excludes halogenated alkanes) is 6. The maximum Gasteiger partial charge on any atom is 0.308 e. The summed E-state index contributed by atoms with van der Waals surface area (Å²) < 4.78 is 5.26. The number of phenols is 1. The van der Waals surface area contributed by atoms with Crippen molar-refractivity contribution in [3.63, 3.8) is 0 Å².